The van der Waals surface area contributed by atoms with Gasteiger partial charge in [-0.25, -0.2) is 0 Å². The molecule has 1 heterocycles. The highest BCUT2D eigenvalue weighted by molar-refractivity contribution is 4.86. The van der Waals surface area contributed by atoms with Crippen LogP contribution in [-0.4, -0.2) is 61.2 Å². The van der Waals surface area contributed by atoms with E-state index in [1.54, 1.807) is 0 Å². The van der Waals surface area contributed by atoms with Crippen LogP contribution in [0.1, 0.15) is 33.1 Å². The van der Waals surface area contributed by atoms with Gasteiger partial charge in [0.2, 0.25) is 0 Å². The lowest BCUT2D eigenvalue weighted by Gasteiger charge is -2.41. The molecule has 0 radical (unpaired) electrons. The monoisotopic (exact) mass is 225 g/mol. The molecule has 2 fully saturated rings. The maximum absolute atomic E-state index is 3.68. The maximum Gasteiger partial charge on any atom is 0.0219 e. The van der Waals surface area contributed by atoms with E-state index in [1.807, 2.05) is 0 Å². The van der Waals surface area contributed by atoms with Crippen LogP contribution in [0.3, 0.4) is 0 Å². The van der Waals surface area contributed by atoms with E-state index < -0.39 is 0 Å². The number of piperazine rings is 1. The van der Waals surface area contributed by atoms with Crippen LogP contribution < -0.4 is 5.32 Å². The van der Waals surface area contributed by atoms with Crippen LogP contribution in [-0.2, 0) is 0 Å². The molecule has 0 aromatic heterocycles. The molecule has 0 amide bonds. The first-order chi connectivity index (χ1) is 7.70. The van der Waals surface area contributed by atoms with Crippen molar-refractivity contribution >= 4 is 0 Å². The van der Waals surface area contributed by atoms with Crippen molar-refractivity contribution in [2.75, 3.05) is 33.2 Å². The molecule has 2 rings (SSSR count). The molecule has 3 nitrogen and oxygen atoms in total. The van der Waals surface area contributed by atoms with Crippen molar-refractivity contribution in [3.8, 4) is 0 Å². The highest BCUT2D eigenvalue weighted by Crippen LogP contribution is 2.19. The number of hydrogen-bond acceptors (Lipinski definition) is 3. The Morgan fingerprint density at radius 1 is 1.31 bits per heavy atom. The molecule has 2 aliphatic rings. The van der Waals surface area contributed by atoms with E-state index in [9.17, 15) is 0 Å². The highest BCUT2D eigenvalue weighted by atomic mass is 15.3. The largest absolute Gasteiger partial charge is 0.312 e. The van der Waals surface area contributed by atoms with Gasteiger partial charge in [-0.15, -0.1) is 0 Å². The Hall–Kier alpha value is -0.120. The zero-order valence-corrected chi connectivity index (χ0v) is 11.1. The van der Waals surface area contributed by atoms with Crippen molar-refractivity contribution in [2.24, 2.45) is 0 Å². The van der Waals surface area contributed by atoms with Crippen molar-refractivity contribution in [1.29, 1.82) is 0 Å². The molecule has 1 saturated carbocycles. The second kappa shape index (κ2) is 5.48. The summed E-state index contributed by atoms with van der Waals surface area (Å²) < 4.78 is 0. The molecule has 3 heteroatoms. The van der Waals surface area contributed by atoms with E-state index >= 15 is 0 Å². The summed E-state index contributed by atoms with van der Waals surface area (Å²) in [5, 5.41) is 3.68. The van der Waals surface area contributed by atoms with Gasteiger partial charge in [0.15, 0.2) is 0 Å². The standard InChI is InChI=1S/C13H27N3/c1-4-13(9-14-12-5-6-12)16-8-7-15(3)11(2)10-16/h11-14H,4-10H2,1-3H3. The predicted molar refractivity (Wildman–Crippen MR) is 68.8 cm³/mol. The molecule has 2 atom stereocenters. The van der Waals surface area contributed by atoms with Gasteiger partial charge in [0, 0.05) is 44.3 Å². The molecule has 1 N–H and O–H groups in total. The third-order valence-corrected chi connectivity index (χ3v) is 4.20. The molecule has 94 valence electrons. The SMILES string of the molecule is CCC(CNC1CC1)N1CCN(C)C(C)C1. The smallest absolute Gasteiger partial charge is 0.0219 e. The number of likely N-dealkylation sites (N-methyl/N-ethyl adjacent to an activating group) is 1. The Bertz CT molecular complexity index is 215. The Morgan fingerprint density at radius 2 is 2.06 bits per heavy atom. The molecule has 0 aromatic carbocycles. The van der Waals surface area contributed by atoms with Gasteiger partial charge in [0.05, 0.1) is 0 Å². The minimum absolute atomic E-state index is 0.712. The van der Waals surface area contributed by atoms with E-state index in [1.165, 1.54) is 45.4 Å². The van der Waals surface area contributed by atoms with Crippen molar-refractivity contribution < 1.29 is 0 Å². The third-order valence-electron chi connectivity index (χ3n) is 4.20. The summed E-state index contributed by atoms with van der Waals surface area (Å²) >= 11 is 0. The van der Waals surface area contributed by atoms with E-state index in [4.69, 9.17) is 0 Å². The van der Waals surface area contributed by atoms with Gasteiger partial charge in [-0.3, -0.25) is 4.90 Å². The Balaban J connectivity index is 1.78. The topological polar surface area (TPSA) is 18.5 Å². The molecule has 2 unspecified atom stereocenters. The number of nitrogens with one attached hydrogen (secondary N) is 1. The van der Waals surface area contributed by atoms with Crippen molar-refractivity contribution in [3.63, 3.8) is 0 Å². The van der Waals surface area contributed by atoms with E-state index in [0.717, 1.165) is 12.1 Å². The van der Waals surface area contributed by atoms with Crippen molar-refractivity contribution in [3.05, 3.63) is 0 Å². The van der Waals surface area contributed by atoms with E-state index in [0.29, 0.717) is 6.04 Å². The van der Waals surface area contributed by atoms with Crippen molar-refractivity contribution in [1.82, 2.24) is 15.1 Å². The first-order valence-electron chi connectivity index (χ1n) is 6.88. The molecule has 16 heavy (non-hydrogen) atoms. The summed E-state index contributed by atoms with van der Waals surface area (Å²) in [7, 11) is 2.24. The Morgan fingerprint density at radius 3 is 2.62 bits per heavy atom. The van der Waals surface area contributed by atoms with Crippen LogP contribution in [0.5, 0.6) is 0 Å². The van der Waals surface area contributed by atoms with E-state index in [2.05, 4.69) is 36.0 Å². The second-order valence-corrected chi connectivity index (χ2v) is 5.57. The fourth-order valence-corrected chi connectivity index (χ4v) is 2.53. The molecular weight excluding hydrogens is 198 g/mol. The van der Waals surface area contributed by atoms with Crippen LogP contribution in [0, 0.1) is 0 Å². The first-order valence-corrected chi connectivity index (χ1v) is 6.88. The van der Waals surface area contributed by atoms with Gasteiger partial charge < -0.3 is 10.2 Å². The lowest BCUT2D eigenvalue weighted by Crippen LogP contribution is -2.55. The quantitative estimate of drug-likeness (QED) is 0.757. The van der Waals surface area contributed by atoms with Gasteiger partial charge in [0.25, 0.3) is 0 Å². The summed E-state index contributed by atoms with van der Waals surface area (Å²) in [5.74, 6) is 0. The molecule has 0 bridgehead atoms. The van der Waals surface area contributed by atoms with Gasteiger partial charge >= 0.3 is 0 Å². The maximum atomic E-state index is 3.68. The number of hydrogen-bond donors (Lipinski definition) is 1. The molecule has 1 saturated heterocycles. The molecule has 1 aliphatic heterocycles. The van der Waals surface area contributed by atoms with Crippen LogP contribution in [0.4, 0.5) is 0 Å². The fraction of sp³-hybridized carbons (Fsp3) is 1.00. The minimum atomic E-state index is 0.712. The third kappa shape index (κ3) is 3.19. The first kappa shape index (κ1) is 12.3. The van der Waals surface area contributed by atoms with Crippen LogP contribution in [0.25, 0.3) is 0 Å². The van der Waals surface area contributed by atoms with Gasteiger partial charge in [-0.05, 0) is 33.2 Å². The molecule has 1 aliphatic carbocycles. The van der Waals surface area contributed by atoms with E-state index in [-0.39, 0.29) is 0 Å². The predicted octanol–water partition coefficient (Wildman–Crippen LogP) is 1.15. The summed E-state index contributed by atoms with van der Waals surface area (Å²) in [6.45, 7) is 9.56. The van der Waals surface area contributed by atoms with Gasteiger partial charge in [-0.2, -0.15) is 0 Å². The molecule has 0 aromatic rings. The molecular formula is C13H27N3. The second-order valence-electron chi connectivity index (χ2n) is 5.57. The number of nitrogens with zero attached hydrogens (tertiary/aromatic N) is 2. The van der Waals surface area contributed by atoms with Gasteiger partial charge in [0.1, 0.15) is 0 Å². The summed E-state index contributed by atoms with van der Waals surface area (Å²) in [6, 6.07) is 2.31. The average Bonchev–Trinajstić information content (AvgIpc) is 3.08. The fourth-order valence-electron chi connectivity index (χ4n) is 2.53. The van der Waals surface area contributed by atoms with Crippen LogP contribution in [0.15, 0.2) is 0 Å². The highest BCUT2D eigenvalue weighted by Gasteiger charge is 2.27. The Labute approximate surface area is 100 Å². The number of rotatable bonds is 5. The van der Waals surface area contributed by atoms with Crippen LogP contribution >= 0.6 is 0 Å². The lowest BCUT2D eigenvalue weighted by molar-refractivity contribution is 0.0698. The van der Waals surface area contributed by atoms with Crippen molar-refractivity contribution in [2.45, 2.75) is 51.2 Å². The molecule has 0 spiro atoms. The summed E-state index contributed by atoms with van der Waals surface area (Å²) in [5.41, 5.74) is 0. The van der Waals surface area contributed by atoms with Crippen LogP contribution in [0.2, 0.25) is 0 Å². The summed E-state index contributed by atoms with van der Waals surface area (Å²) in [4.78, 5) is 5.15. The lowest BCUT2D eigenvalue weighted by atomic mass is 10.1. The Kier molecular flexibility index (Phi) is 4.22. The summed E-state index contributed by atoms with van der Waals surface area (Å²) in [6.07, 6.45) is 4.07. The average molecular weight is 225 g/mol. The normalized spacial score (nSPS) is 30.6. The zero-order valence-electron chi connectivity index (χ0n) is 11.1. The van der Waals surface area contributed by atoms with Gasteiger partial charge in [-0.1, -0.05) is 6.92 Å². The zero-order chi connectivity index (χ0) is 11.5. The minimum Gasteiger partial charge on any atom is -0.312 e.